The molecule has 2 heterocycles. The van der Waals surface area contributed by atoms with Crippen LogP contribution < -0.4 is 5.32 Å². The van der Waals surface area contributed by atoms with Gasteiger partial charge in [-0.15, -0.1) is 0 Å². The Kier molecular flexibility index (Phi) is 6.01. The van der Waals surface area contributed by atoms with Crippen LogP contribution in [0.4, 0.5) is 4.79 Å². The van der Waals surface area contributed by atoms with Gasteiger partial charge in [-0.1, -0.05) is 54.2 Å². The summed E-state index contributed by atoms with van der Waals surface area (Å²) in [5.74, 6) is 0.120. The standard InChI is InChI=1S/C22H17ClN2O4S/c23-19-16(24-21(29-19)15-4-2-1-3-5-15)10-11-17(26)14-8-6-13(7-9-14)12-18-20(27)25-22(28)30-18/h1-9,18H,10-12H2,(H,25,27,28). The lowest BCUT2D eigenvalue weighted by Gasteiger charge is -2.06. The van der Waals surface area contributed by atoms with Crippen molar-refractivity contribution in [3.05, 3.63) is 76.6 Å². The summed E-state index contributed by atoms with van der Waals surface area (Å²) in [6.07, 6.45) is 1.06. The molecule has 0 spiro atoms. The Bertz CT molecular complexity index is 1100. The van der Waals surface area contributed by atoms with E-state index in [9.17, 15) is 14.4 Å². The summed E-state index contributed by atoms with van der Waals surface area (Å²) in [7, 11) is 0. The third kappa shape index (κ3) is 4.63. The number of Topliss-reactive ketones (excluding diaryl/α,β-unsaturated/α-hetero) is 1. The number of hydrogen-bond acceptors (Lipinski definition) is 6. The molecule has 8 heteroatoms. The number of aryl methyl sites for hydroxylation is 1. The van der Waals surface area contributed by atoms with E-state index in [4.69, 9.17) is 16.0 Å². The van der Waals surface area contributed by atoms with Crippen LogP contribution >= 0.6 is 23.4 Å². The molecule has 0 radical (unpaired) electrons. The first-order valence-corrected chi connectivity index (χ1v) is 10.6. The molecule has 30 heavy (non-hydrogen) atoms. The van der Waals surface area contributed by atoms with E-state index < -0.39 is 5.25 Å². The molecule has 0 saturated carbocycles. The predicted molar refractivity (Wildman–Crippen MR) is 115 cm³/mol. The van der Waals surface area contributed by atoms with Crippen molar-refractivity contribution in [1.29, 1.82) is 0 Å². The summed E-state index contributed by atoms with van der Waals surface area (Å²) >= 11 is 7.14. The van der Waals surface area contributed by atoms with E-state index >= 15 is 0 Å². The van der Waals surface area contributed by atoms with Crippen molar-refractivity contribution >= 4 is 40.3 Å². The highest BCUT2D eigenvalue weighted by Crippen LogP contribution is 2.27. The number of nitrogens with one attached hydrogen (secondary N) is 1. The summed E-state index contributed by atoms with van der Waals surface area (Å²) in [4.78, 5) is 39.9. The molecule has 2 amide bonds. The van der Waals surface area contributed by atoms with Crippen LogP contribution in [0.15, 0.2) is 59.0 Å². The SMILES string of the molecule is O=C1NC(=O)C(Cc2ccc(C(=O)CCc3nc(-c4ccccc4)oc3Cl)cc2)S1. The minimum Gasteiger partial charge on any atom is -0.424 e. The van der Waals surface area contributed by atoms with Crippen molar-refractivity contribution < 1.29 is 18.8 Å². The van der Waals surface area contributed by atoms with Crippen LogP contribution in [0.2, 0.25) is 5.22 Å². The lowest BCUT2D eigenvalue weighted by molar-refractivity contribution is -0.118. The average molecular weight is 441 g/mol. The highest BCUT2D eigenvalue weighted by atomic mass is 35.5. The maximum Gasteiger partial charge on any atom is 0.286 e. The van der Waals surface area contributed by atoms with E-state index in [1.807, 2.05) is 30.3 Å². The number of thioether (sulfide) groups is 1. The van der Waals surface area contributed by atoms with Gasteiger partial charge in [0.1, 0.15) is 0 Å². The van der Waals surface area contributed by atoms with Gasteiger partial charge < -0.3 is 4.42 Å². The summed E-state index contributed by atoms with van der Waals surface area (Å²) in [5, 5.41) is 1.72. The Labute approximate surface area is 182 Å². The number of carbonyl (C=O) groups is 3. The van der Waals surface area contributed by atoms with Crippen LogP contribution in [0.5, 0.6) is 0 Å². The average Bonchev–Trinajstić information content (AvgIpc) is 3.28. The van der Waals surface area contributed by atoms with Gasteiger partial charge in [0.05, 0.1) is 10.9 Å². The van der Waals surface area contributed by atoms with Crippen molar-refractivity contribution in [1.82, 2.24) is 10.3 Å². The van der Waals surface area contributed by atoms with Crippen molar-refractivity contribution in [2.75, 3.05) is 0 Å². The van der Waals surface area contributed by atoms with Gasteiger partial charge in [-0.25, -0.2) is 4.98 Å². The number of benzene rings is 2. The number of ketones is 1. The predicted octanol–water partition coefficient (Wildman–Crippen LogP) is 4.70. The Balaban J connectivity index is 1.36. The van der Waals surface area contributed by atoms with Crippen molar-refractivity contribution in [2.24, 2.45) is 0 Å². The molecule has 1 atom stereocenters. The molecule has 3 aromatic rings. The molecule has 1 saturated heterocycles. The summed E-state index contributed by atoms with van der Waals surface area (Å²) in [5.41, 5.74) is 2.83. The third-order valence-corrected chi connectivity index (χ3v) is 6.00. The second kappa shape index (κ2) is 8.85. The minimum absolute atomic E-state index is 0.0370. The smallest absolute Gasteiger partial charge is 0.286 e. The monoisotopic (exact) mass is 440 g/mol. The molecule has 2 aromatic carbocycles. The molecule has 1 aromatic heterocycles. The summed E-state index contributed by atoms with van der Waals surface area (Å²) in [6, 6.07) is 16.5. The summed E-state index contributed by atoms with van der Waals surface area (Å²) < 4.78 is 5.52. The largest absolute Gasteiger partial charge is 0.424 e. The third-order valence-electron chi connectivity index (χ3n) is 4.72. The van der Waals surface area contributed by atoms with Crippen LogP contribution in [0.1, 0.15) is 28.0 Å². The quantitative estimate of drug-likeness (QED) is 0.535. The number of hydrogen-bond donors (Lipinski definition) is 1. The van der Waals surface area contributed by atoms with E-state index in [-0.39, 0.29) is 28.6 Å². The lowest BCUT2D eigenvalue weighted by Crippen LogP contribution is -2.25. The van der Waals surface area contributed by atoms with Gasteiger partial charge in [-0.2, -0.15) is 0 Å². The lowest BCUT2D eigenvalue weighted by atomic mass is 10.0. The summed E-state index contributed by atoms with van der Waals surface area (Å²) in [6.45, 7) is 0. The Morgan fingerprint density at radius 2 is 1.83 bits per heavy atom. The molecule has 152 valence electrons. The van der Waals surface area contributed by atoms with Gasteiger partial charge in [0.15, 0.2) is 5.78 Å². The Hall–Kier alpha value is -2.90. The van der Waals surface area contributed by atoms with Crippen LogP contribution in [0.25, 0.3) is 11.5 Å². The van der Waals surface area contributed by atoms with Gasteiger partial charge in [0.2, 0.25) is 17.0 Å². The van der Waals surface area contributed by atoms with E-state index in [1.165, 1.54) is 0 Å². The van der Waals surface area contributed by atoms with Gasteiger partial charge in [0, 0.05) is 24.0 Å². The molecular weight excluding hydrogens is 424 g/mol. The number of halogens is 1. The number of aromatic nitrogens is 1. The number of rotatable bonds is 7. The van der Waals surface area contributed by atoms with Gasteiger partial charge >= 0.3 is 0 Å². The topological polar surface area (TPSA) is 89.3 Å². The maximum absolute atomic E-state index is 12.5. The zero-order chi connectivity index (χ0) is 21.1. The van der Waals surface area contributed by atoms with Crippen molar-refractivity contribution in [3.8, 4) is 11.5 Å². The number of imide groups is 1. The van der Waals surface area contributed by atoms with Crippen LogP contribution in [0.3, 0.4) is 0 Å². The van der Waals surface area contributed by atoms with E-state index in [2.05, 4.69) is 10.3 Å². The molecule has 1 aliphatic heterocycles. The van der Waals surface area contributed by atoms with E-state index in [0.717, 1.165) is 22.9 Å². The van der Waals surface area contributed by atoms with Crippen LogP contribution in [-0.4, -0.2) is 27.2 Å². The Morgan fingerprint density at radius 3 is 2.50 bits per heavy atom. The van der Waals surface area contributed by atoms with Gasteiger partial charge in [0.25, 0.3) is 5.24 Å². The van der Waals surface area contributed by atoms with Crippen molar-refractivity contribution in [2.45, 2.75) is 24.5 Å². The first-order valence-electron chi connectivity index (χ1n) is 9.34. The van der Waals surface area contributed by atoms with Crippen LogP contribution in [0, 0.1) is 0 Å². The molecule has 0 bridgehead atoms. The molecule has 1 fully saturated rings. The molecule has 1 unspecified atom stereocenters. The zero-order valence-corrected chi connectivity index (χ0v) is 17.3. The fraction of sp³-hybridized carbons (Fsp3) is 0.182. The molecule has 1 aliphatic rings. The first-order chi connectivity index (χ1) is 14.5. The fourth-order valence-electron chi connectivity index (χ4n) is 3.14. The highest BCUT2D eigenvalue weighted by molar-refractivity contribution is 8.15. The second-order valence-corrected chi connectivity index (χ2v) is 8.33. The Morgan fingerprint density at radius 1 is 1.10 bits per heavy atom. The van der Waals surface area contributed by atoms with E-state index in [0.29, 0.717) is 30.0 Å². The molecular formula is C22H17ClN2O4S. The number of amides is 2. The normalized spacial score (nSPS) is 16.0. The fourth-order valence-corrected chi connectivity index (χ4v) is 4.21. The molecule has 0 aliphatic carbocycles. The second-order valence-electron chi connectivity index (χ2n) is 6.81. The molecule has 6 nitrogen and oxygen atoms in total. The van der Waals surface area contributed by atoms with Crippen LogP contribution in [-0.2, 0) is 17.6 Å². The van der Waals surface area contributed by atoms with Gasteiger partial charge in [-0.05, 0) is 35.7 Å². The molecule has 1 N–H and O–H groups in total. The number of carbonyl (C=O) groups excluding carboxylic acids is 3. The minimum atomic E-state index is -0.424. The molecule has 4 rings (SSSR count). The van der Waals surface area contributed by atoms with Crippen molar-refractivity contribution in [3.63, 3.8) is 0 Å². The maximum atomic E-state index is 12.5. The van der Waals surface area contributed by atoms with Gasteiger partial charge in [-0.3, -0.25) is 19.7 Å². The first kappa shape index (κ1) is 20.4. The van der Waals surface area contributed by atoms with E-state index in [1.54, 1.807) is 24.3 Å². The highest BCUT2D eigenvalue weighted by Gasteiger charge is 2.31. The number of oxazole rings is 1. The zero-order valence-electron chi connectivity index (χ0n) is 15.8. The number of nitrogens with zero attached hydrogens (tertiary/aromatic N) is 1.